The molecule has 2 rings (SSSR count). The zero-order valence-corrected chi connectivity index (χ0v) is 28.0. The number of carbonyl (C=O) groups is 8. The lowest BCUT2D eigenvalue weighted by molar-refractivity contribution is -0.152. The number of ether oxygens (including phenoxy) is 3. The van der Waals surface area contributed by atoms with E-state index in [9.17, 15) is 53.7 Å². The van der Waals surface area contributed by atoms with Crippen molar-refractivity contribution in [1.82, 2.24) is 26.4 Å². The Morgan fingerprint density at radius 1 is 0.840 bits per heavy atom. The van der Waals surface area contributed by atoms with Gasteiger partial charge in [-0.05, 0) is 38.2 Å². The van der Waals surface area contributed by atoms with Gasteiger partial charge in [0.05, 0.1) is 12.7 Å². The predicted octanol–water partition coefficient (Wildman–Crippen LogP) is -1.18. The largest absolute Gasteiger partial charge is 0.481 e. The first-order valence-electron chi connectivity index (χ1n) is 15.7. The number of aliphatic carboxylic acids is 2. The van der Waals surface area contributed by atoms with E-state index in [2.05, 4.69) is 16.0 Å². The van der Waals surface area contributed by atoms with Gasteiger partial charge in [-0.25, -0.2) is 14.6 Å². The van der Waals surface area contributed by atoms with Crippen molar-refractivity contribution < 1.29 is 67.9 Å². The molecule has 1 aromatic rings. The molecule has 0 saturated carbocycles. The van der Waals surface area contributed by atoms with E-state index in [4.69, 9.17) is 14.2 Å². The number of hydrogen-bond donors (Lipinski definition) is 7. The Bertz CT molecular complexity index is 1390. The molecule has 1 aromatic carbocycles. The van der Waals surface area contributed by atoms with Crippen molar-refractivity contribution in [3.8, 4) is 0 Å². The Morgan fingerprint density at radius 2 is 1.48 bits per heavy atom. The summed E-state index contributed by atoms with van der Waals surface area (Å²) in [5.74, 6) is -8.33. The Morgan fingerprint density at radius 3 is 2.04 bits per heavy atom. The lowest BCUT2D eigenvalue weighted by atomic mass is 10.0. The summed E-state index contributed by atoms with van der Waals surface area (Å²) in [7, 11) is 0. The molecule has 50 heavy (non-hydrogen) atoms. The van der Waals surface area contributed by atoms with Crippen LogP contribution >= 0.6 is 0 Å². The summed E-state index contributed by atoms with van der Waals surface area (Å²) in [4.78, 5) is 99.9. The topological polar surface area (TPSA) is 280 Å². The molecule has 6 atom stereocenters. The first-order chi connectivity index (χ1) is 23.5. The maximum atomic E-state index is 13.4. The van der Waals surface area contributed by atoms with E-state index in [0.717, 1.165) is 6.92 Å². The fraction of sp³-hybridized carbons (Fsp3) is 0.548. The molecule has 1 heterocycles. The number of benzene rings is 1. The van der Waals surface area contributed by atoms with Gasteiger partial charge in [0.15, 0.2) is 12.2 Å². The number of hydrazine groups is 1. The van der Waals surface area contributed by atoms with E-state index in [0.29, 0.717) is 10.6 Å². The minimum Gasteiger partial charge on any atom is -0.481 e. The van der Waals surface area contributed by atoms with Crippen LogP contribution in [0.5, 0.6) is 0 Å². The summed E-state index contributed by atoms with van der Waals surface area (Å²) in [5, 5.41) is 36.2. The van der Waals surface area contributed by atoms with E-state index in [1.54, 1.807) is 44.2 Å². The Kier molecular flexibility index (Phi) is 16.1. The number of amides is 5. The summed E-state index contributed by atoms with van der Waals surface area (Å²) in [6.45, 7) is 4.92. The molecule has 0 bridgehead atoms. The third-order valence-electron chi connectivity index (χ3n) is 6.93. The van der Waals surface area contributed by atoms with E-state index >= 15 is 0 Å². The van der Waals surface area contributed by atoms with E-state index < -0.39 is 103 Å². The average molecular weight is 710 g/mol. The maximum Gasteiger partial charge on any atom is 0.408 e. The molecular weight excluding hydrogens is 666 g/mol. The monoisotopic (exact) mass is 709 g/mol. The number of rotatable bonds is 19. The van der Waals surface area contributed by atoms with Gasteiger partial charge in [-0.2, -0.15) is 0 Å². The number of hydrogen-bond acceptors (Lipinski definition) is 12. The summed E-state index contributed by atoms with van der Waals surface area (Å²) >= 11 is 0. The molecule has 0 spiro atoms. The molecular formula is C31H43N5O14. The molecule has 1 aliphatic rings. The van der Waals surface area contributed by atoms with Crippen LogP contribution in [0, 0.1) is 5.92 Å². The van der Waals surface area contributed by atoms with Crippen molar-refractivity contribution in [3.63, 3.8) is 0 Å². The lowest BCUT2D eigenvalue weighted by Gasteiger charge is -2.28. The molecule has 4 unspecified atom stereocenters. The molecule has 1 fully saturated rings. The highest BCUT2D eigenvalue weighted by molar-refractivity contribution is 5.97. The van der Waals surface area contributed by atoms with Crippen LogP contribution in [0.2, 0.25) is 0 Å². The number of alkyl carbamates (subject to hydrolysis) is 1. The molecule has 0 aromatic heterocycles. The van der Waals surface area contributed by atoms with Gasteiger partial charge in [0.25, 0.3) is 11.8 Å². The van der Waals surface area contributed by atoms with Crippen molar-refractivity contribution in [1.29, 1.82) is 0 Å². The number of aliphatic hydroxyl groups excluding tert-OH is 1. The highest BCUT2D eigenvalue weighted by Crippen LogP contribution is 2.25. The molecule has 7 N–H and O–H groups in total. The first-order valence-corrected chi connectivity index (χ1v) is 15.7. The highest BCUT2D eigenvalue weighted by atomic mass is 16.6. The normalized spacial score (nSPS) is 17.2. The Hall–Kier alpha value is -5.30. The molecule has 0 radical (unpaired) electrons. The van der Waals surface area contributed by atoms with Crippen LogP contribution in [0.3, 0.4) is 0 Å². The van der Waals surface area contributed by atoms with Gasteiger partial charge in [-0.3, -0.25) is 34.2 Å². The predicted molar refractivity (Wildman–Crippen MR) is 168 cm³/mol. The molecule has 19 nitrogen and oxygen atoms in total. The van der Waals surface area contributed by atoms with Crippen molar-refractivity contribution in [3.05, 3.63) is 35.9 Å². The van der Waals surface area contributed by atoms with E-state index in [1.165, 1.54) is 6.92 Å². The van der Waals surface area contributed by atoms with Crippen LogP contribution in [0.15, 0.2) is 30.3 Å². The number of nitrogens with one attached hydrogen (secondary N) is 4. The minimum absolute atomic E-state index is 0.0188. The molecule has 276 valence electrons. The van der Waals surface area contributed by atoms with Crippen molar-refractivity contribution >= 4 is 47.6 Å². The van der Waals surface area contributed by atoms with Gasteiger partial charge in [-0.1, -0.05) is 44.2 Å². The molecule has 0 aliphatic carbocycles. The Labute approximate surface area is 286 Å². The molecule has 1 aliphatic heterocycles. The summed E-state index contributed by atoms with van der Waals surface area (Å²) in [5.41, 5.74) is 2.66. The fourth-order valence-electron chi connectivity index (χ4n) is 4.45. The van der Waals surface area contributed by atoms with E-state index in [1.807, 2.05) is 5.43 Å². The lowest BCUT2D eigenvalue weighted by Crippen LogP contribution is -2.61. The van der Waals surface area contributed by atoms with Gasteiger partial charge >= 0.3 is 24.0 Å². The summed E-state index contributed by atoms with van der Waals surface area (Å²) in [6, 6.07) is 4.02. The van der Waals surface area contributed by atoms with Crippen molar-refractivity contribution in [2.45, 2.75) is 90.0 Å². The number of nitrogens with zero attached hydrogens (tertiary/aromatic N) is 1. The van der Waals surface area contributed by atoms with Crippen molar-refractivity contribution in [2.75, 3.05) is 13.2 Å². The second-order valence-electron chi connectivity index (χ2n) is 11.6. The molecule has 19 heteroatoms. The standard InChI is InChI=1S/C31H43N5O14/c1-5-48-30(46)25-24(50-25)29(45)36(14-22(40)41)35-28(44)23(17(4)37)34-26(42)19(11-12-21(38)39)32-27(43)20(13-16(2)3)33-31(47)49-15-18-9-7-6-8-10-18/h6-10,16-17,19-20,23-25,37H,5,11-15H2,1-4H3,(H,32,43)(H,33,47)(H,34,42)(H,35,44)(H,38,39)(H,40,41)/t17?,19?,20?,23?,24-,25-/m0/s1. The summed E-state index contributed by atoms with van der Waals surface area (Å²) in [6.07, 6.45) is -6.41. The number of carboxylic acid groups (broad SMARTS) is 2. The van der Waals surface area contributed by atoms with E-state index in [-0.39, 0.29) is 25.6 Å². The van der Waals surface area contributed by atoms with Crippen LogP contribution in [0.1, 0.15) is 52.5 Å². The maximum absolute atomic E-state index is 13.4. The second-order valence-corrected chi connectivity index (χ2v) is 11.6. The van der Waals surface area contributed by atoms with Crippen LogP contribution < -0.4 is 21.4 Å². The number of epoxide rings is 1. The van der Waals surface area contributed by atoms with Gasteiger partial charge in [0.2, 0.25) is 11.8 Å². The van der Waals surface area contributed by atoms with Gasteiger partial charge < -0.3 is 45.5 Å². The average Bonchev–Trinajstić information content (AvgIpc) is 3.84. The van der Waals surface area contributed by atoms with Crippen molar-refractivity contribution in [2.24, 2.45) is 5.92 Å². The number of carboxylic acids is 2. The fourth-order valence-corrected chi connectivity index (χ4v) is 4.45. The zero-order valence-electron chi connectivity index (χ0n) is 28.0. The Balaban J connectivity index is 2.18. The number of aliphatic hydroxyl groups is 1. The molecule has 1 saturated heterocycles. The SMILES string of the molecule is CCOC(=O)[C@H]1O[C@@H]1C(=O)N(CC(=O)O)NC(=O)C(NC(=O)C(CCC(=O)O)NC(=O)C(CC(C)C)NC(=O)OCc1ccccc1)C(C)O. The smallest absolute Gasteiger partial charge is 0.408 e. The first kappa shape index (κ1) is 40.9. The van der Waals surface area contributed by atoms with Crippen LogP contribution in [0.25, 0.3) is 0 Å². The highest BCUT2D eigenvalue weighted by Gasteiger charge is 2.53. The third kappa shape index (κ3) is 13.7. The van der Waals surface area contributed by atoms with Crippen LogP contribution in [-0.4, -0.2) is 118 Å². The van der Waals surface area contributed by atoms with Gasteiger partial charge in [-0.15, -0.1) is 0 Å². The van der Waals surface area contributed by atoms with Gasteiger partial charge in [0, 0.05) is 6.42 Å². The molecule has 5 amide bonds. The summed E-state index contributed by atoms with van der Waals surface area (Å²) < 4.78 is 14.9. The quantitative estimate of drug-likeness (QED) is 0.0506. The zero-order chi connectivity index (χ0) is 37.5. The van der Waals surface area contributed by atoms with Crippen LogP contribution in [0.4, 0.5) is 4.79 Å². The second kappa shape index (κ2) is 19.6. The minimum atomic E-state index is -1.87. The van der Waals surface area contributed by atoms with Crippen LogP contribution in [-0.2, 0) is 54.4 Å². The number of esters is 1. The number of carbonyl (C=O) groups excluding carboxylic acids is 6. The third-order valence-corrected chi connectivity index (χ3v) is 6.93. The van der Waals surface area contributed by atoms with Gasteiger partial charge in [0.1, 0.15) is 31.3 Å².